The third-order valence-electron chi connectivity index (χ3n) is 5.38. The molecule has 20 heavy (non-hydrogen) atoms. The van der Waals surface area contributed by atoms with Gasteiger partial charge in [0, 0.05) is 11.8 Å². The highest BCUT2D eigenvalue weighted by Crippen LogP contribution is 2.41. The van der Waals surface area contributed by atoms with E-state index in [9.17, 15) is 9.59 Å². The first-order valence-electron chi connectivity index (χ1n) is 7.83. The standard InChI is InChI=1S/C16H24Br2O2/c17-9-15(19)13-5-1-11(2-6-13)12-3-7-14(8-4-12)16(20)10-18/h11-14H,1-10H2. The van der Waals surface area contributed by atoms with E-state index in [4.69, 9.17) is 0 Å². The fraction of sp³-hybridized carbons (Fsp3) is 0.875. The smallest absolute Gasteiger partial charge is 0.146 e. The Hall–Kier alpha value is 0.300. The van der Waals surface area contributed by atoms with E-state index >= 15 is 0 Å². The third kappa shape index (κ3) is 4.16. The first kappa shape index (κ1) is 16.7. The molecule has 0 aromatic carbocycles. The summed E-state index contributed by atoms with van der Waals surface area (Å²) in [4.78, 5) is 23.4. The average molecular weight is 408 g/mol. The zero-order valence-electron chi connectivity index (χ0n) is 12.0. The zero-order chi connectivity index (χ0) is 14.5. The van der Waals surface area contributed by atoms with Crippen molar-refractivity contribution in [2.45, 2.75) is 51.4 Å². The van der Waals surface area contributed by atoms with E-state index in [0.29, 0.717) is 34.1 Å². The maximum absolute atomic E-state index is 11.7. The molecule has 0 amide bonds. The van der Waals surface area contributed by atoms with Crippen molar-refractivity contribution in [2.75, 3.05) is 10.7 Å². The molecule has 4 heteroatoms. The number of hydrogen-bond donors (Lipinski definition) is 0. The van der Waals surface area contributed by atoms with E-state index < -0.39 is 0 Å². The molecule has 114 valence electrons. The first-order valence-corrected chi connectivity index (χ1v) is 10.1. The summed E-state index contributed by atoms with van der Waals surface area (Å²) in [6.07, 6.45) is 9.17. The summed E-state index contributed by atoms with van der Waals surface area (Å²) in [5.74, 6) is 2.97. The summed E-state index contributed by atoms with van der Waals surface area (Å²) >= 11 is 6.57. The molecule has 0 bridgehead atoms. The minimum atomic E-state index is 0.303. The molecule has 0 aliphatic heterocycles. The maximum atomic E-state index is 11.7. The molecule has 2 saturated carbocycles. The molecule has 2 rings (SSSR count). The Morgan fingerprint density at radius 3 is 1.20 bits per heavy atom. The van der Waals surface area contributed by atoms with Crippen LogP contribution in [0, 0.1) is 23.7 Å². The van der Waals surface area contributed by atoms with E-state index in [2.05, 4.69) is 31.9 Å². The monoisotopic (exact) mass is 406 g/mol. The number of rotatable bonds is 5. The van der Waals surface area contributed by atoms with Crippen molar-refractivity contribution in [2.24, 2.45) is 23.7 Å². The lowest BCUT2D eigenvalue weighted by atomic mass is 9.68. The minimum Gasteiger partial charge on any atom is -0.298 e. The van der Waals surface area contributed by atoms with Crippen LogP contribution in [0.4, 0.5) is 0 Å². The van der Waals surface area contributed by atoms with Crippen molar-refractivity contribution in [3.05, 3.63) is 0 Å². The SMILES string of the molecule is O=C(CBr)C1CCC(C2CCC(C(=O)CBr)CC2)CC1. The largest absolute Gasteiger partial charge is 0.298 e. The van der Waals surface area contributed by atoms with Gasteiger partial charge in [0.2, 0.25) is 0 Å². The minimum absolute atomic E-state index is 0.303. The summed E-state index contributed by atoms with van der Waals surface area (Å²) in [5, 5.41) is 1.03. The van der Waals surface area contributed by atoms with Crippen LogP contribution >= 0.6 is 31.9 Å². The number of hydrogen-bond acceptors (Lipinski definition) is 2. The number of Topliss-reactive ketones (excluding diaryl/α,β-unsaturated/α-hetero) is 2. The summed E-state index contributed by atoms with van der Waals surface area (Å²) in [6, 6.07) is 0. The van der Waals surface area contributed by atoms with Crippen LogP contribution in [0.2, 0.25) is 0 Å². The second-order valence-electron chi connectivity index (χ2n) is 6.42. The van der Waals surface area contributed by atoms with Gasteiger partial charge in [0.15, 0.2) is 0 Å². The van der Waals surface area contributed by atoms with Gasteiger partial charge in [0.1, 0.15) is 11.6 Å². The Morgan fingerprint density at radius 2 is 0.950 bits per heavy atom. The van der Waals surface area contributed by atoms with Gasteiger partial charge in [-0.05, 0) is 63.2 Å². The molecule has 0 spiro atoms. The van der Waals surface area contributed by atoms with E-state index in [1.54, 1.807) is 0 Å². The van der Waals surface area contributed by atoms with Gasteiger partial charge in [-0.3, -0.25) is 9.59 Å². The molecule has 0 unspecified atom stereocenters. The highest BCUT2D eigenvalue weighted by molar-refractivity contribution is 9.09. The van der Waals surface area contributed by atoms with Gasteiger partial charge in [-0.1, -0.05) is 31.9 Å². The van der Waals surface area contributed by atoms with Gasteiger partial charge in [0.25, 0.3) is 0 Å². The summed E-state index contributed by atoms with van der Waals surface area (Å²) in [5.41, 5.74) is 0. The normalized spacial score (nSPS) is 34.7. The van der Waals surface area contributed by atoms with Crippen molar-refractivity contribution in [1.29, 1.82) is 0 Å². The number of carbonyl (C=O) groups is 2. The fourth-order valence-electron chi connectivity index (χ4n) is 4.04. The van der Waals surface area contributed by atoms with E-state index in [-0.39, 0.29) is 0 Å². The van der Waals surface area contributed by atoms with Crippen molar-refractivity contribution in [1.82, 2.24) is 0 Å². The summed E-state index contributed by atoms with van der Waals surface area (Å²) in [6.45, 7) is 0. The molecule has 2 aliphatic rings. The van der Waals surface area contributed by atoms with Crippen molar-refractivity contribution >= 4 is 43.4 Å². The molecular formula is C16H24Br2O2. The Balaban J connectivity index is 1.76. The lowest BCUT2D eigenvalue weighted by Crippen LogP contribution is -2.30. The van der Waals surface area contributed by atoms with Crippen molar-refractivity contribution in [3.8, 4) is 0 Å². The molecule has 0 aromatic heterocycles. The predicted molar refractivity (Wildman–Crippen MR) is 88.5 cm³/mol. The quantitative estimate of drug-likeness (QED) is 0.627. The van der Waals surface area contributed by atoms with Gasteiger partial charge in [-0.25, -0.2) is 0 Å². The van der Waals surface area contributed by atoms with Crippen LogP contribution in [0.25, 0.3) is 0 Å². The van der Waals surface area contributed by atoms with E-state index in [0.717, 1.165) is 37.5 Å². The van der Waals surface area contributed by atoms with Crippen molar-refractivity contribution in [3.63, 3.8) is 0 Å². The maximum Gasteiger partial charge on any atom is 0.146 e. The molecule has 0 heterocycles. The number of carbonyl (C=O) groups excluding carboxylic acids is 2. The molecule has 2 nitrogen and oxygen atoms in total. The second-order valence-corrected chi connectivity index (χ2v) is 7.54. The first-order chi connectivity index (χ1) is 9.65. The predicted octanol–water partition coefficient (Wildman–Crippen LogP) is 4.53. The van der Waals surface area contributed by atoms with Gasteiger partial charge >= 0.3 is 0 Å². The van der Waals surface area contributed by atoms with Gasteiger partial charge in [-0.2, -0.15) is 0 Å². The highest BCUT2D eigenvalue weighted by Gasteiger charge is 2.33. The van der Waals surface area contributed by atoms with Gasteiger partial charge < -0.3 is 0 Å². The van der Waals surface area contributed by atoms with E-state index in [1.807, 2.05) is 0 Å². The Bertz CT molecular complexity index is 306. The van der Waals surface area contributed by atoms with Crippen LogP contribution in [0.5, 0.6) is 0 Å². The molecule has 0 saturated heterocycles. The van der Waals surface area contributed by atoms with Crippen LogP contribution < -0.4 is 0 Å². The fourth-order valence-corrected chi connectivity index (χ4v) is 4.96. The van der Waals surface area contributed by atoms with Crippen LogP contribution in [-0.2, 0) is 9.59 Å². The lowest BCUT2D eigenvalue weighted by molar-refractivity contribution is -0.123. The molecule has 2 aliphatic carbocycles. The second kappa shape index (κ2) is 8.07. The van der Waals surface area contributed by atoms with Crippen LogP contribution in [-0.4, -0.2) is 22.2 Å². The molecular weight excluding hydrogens is 384 g/mol. The van der Waals surface area contributed by atoms with Crippen molar-refractivity contribution < 1.29 is 9.59 Å². The van der Waals surface area contributed by atoms with Crippen LogP contribution in [0.1, 0.15) is 51.4 Å². The molecule has 0 aromatic rings. The topological polar surface area (TPSA) is 34.1 Å². The molecule has 0 atom stereocenters. The van der Waals surface area contributed by atoms with E-state index in [1.165, 1.54) is 25.7 Å². The van der Waals surface area contributed by atoms with Crippen LogP contribution in [0.3, 0.4) is 0 Å². The van der Waals surface area contributed by atoms with Gasteiger partial charge in [-0.15, -0.1) is 0 Å². The number of ketones is 2. The lowest BCUT2D eigenvalue weighted by Gasteiger charge is -2.37. The molecule has 0 radical (unpaired) electrons. The summed E-state index contributed by atoms with van der Waals surface area (Å²) in [7, 11) is 0. The zero-order valence-corrected chi connectivity index (χ0v) is 15.1. The number of alkyl halides is 2. The Kier molecular flexibility index (Phi) is 6.73. The third-order valence-corrected chi connectivity index (χ3v) is 6.49. The Morgan fingerprint density at radius 1 is 0.650 bits per heavy atom. The van der Waals surface area contributed by atoms with Gasteiger partial charge in [0.05, 0.1) is 10.7 Å². The molecule has 2 fully saturated rings. The average Bonchev–Trinajstić information content (AvgIpc) is 2.53. The Labute approximate surface area is 138 Å². The highest BCUT2D eigenvalue weighted by atomic mass is 79.9. The van der Waals surface area contributed by atoms with Crippen LogP contribution in [0.15, 0.2) is 0 Å². The number of halogens is 2. The summed E-state index contributed by atoms with van der Waals surface area (Å²) < 4.78 is 0. The molecule has 0 N–H and O–H groups in total.